The second kappa shape index (κ2) is 8.32. The second-order valence-corrected chi connectivity index (χ2v) is 8.10. The minimum absolute atomic E-state index is 0.0347. The summed E-state index contributed by atoms with van der Waals surface area (Å²) in [7, 11) is 0. The molecule has 0 saturated carbocycles. The van der Waals surface area contributed by atoms with Crippen molar-refractivity contribution in [3.63, 3.8) is 0 Å². The SMILES string of the molecule is O=C(Nc1cccc(Cl)c1)N1CC(N2CCC(Cc3ccccc3)CC2)C1. The Morgan fingerprint density at radius 3 is 2.48 bits per heavy atom. The van der Waals surface area contributed by atoms with Gasteiger partial charge >= 0.3 is 6.03 Å². The molecule has 2 amide bonds. The molecule has 0 aliphatic carbocycles. The number of nitrogens with one attached hydrogen (secondary N) is 1. The zero-order valence-corrected chi connectivity index (χ0v) is 16.2. The van der Waals surface area contributed by atoms with E-state index in [1.54, 1.807) is 12.1 Å². The third-order valence-electron chi connectivity index (χ3n) is 5.76. The monoisotopic (exact) mass is 383 g/mol. The minimum Gasteiger partial charge on any atom is -0.321 e. The van der Waals surface area contributed by atoms with Gasteiger partial charge < -0.3 is 10.2 Å². The molecule has 2 aromatic carbocycles. The zero-order valence-electron chi connectivity index (χ0n) is 15.5. The van der Waals surface area contributed by atoms with Crippen LogP contribution in [0.2, 0.25) is 5.02 Å². The number of halogens is 1. The Kier molecular flexibility index (Phi) is 5.65. The van der Waals surface area contributed by atoms with Gasteiger partial charge in [-0.3, -0.25) is 4.90 Å². The molecule has 0 spiro atoms. The summed E-state index contributed by atoms with van der Waals surface area (Å²) in [6, 6.07) is 18.5. The molecule has 1 N–H and O–H groups in total. The Labute approximate surface area is 166 Å². The van der Waals surface area contributed by atoms with Crippen LogP contribution >= 0.6 is 11.6 Å². The fourth-order valence-corrected chi connectivity index (χ4v) is 4.28. The van der Waals surface area contributed by atoms with Crippen molar-refractivity contribution < 1.29 is 4.79 Å². The first kappa shape index (κ1) is 18.3. The molecule has 0 bridgehead atoms. The normalized spacial score (nSPS) is 18.9. The maximum Gasteiger partial charge on any atom is 0.321 e. The van der Waals surface area contributed by atoms with E-state index in [9.17, 15) is 4.79 Å². The quantitative estimate of drug-likeness (QED) is 0.843. The van der Waals surface area contributed by atoms with Gasteiger partial charge in [-0.1, -0.05) is 48.0 Å². The van der Waals surface area contributed by atoms with E-state index >= 15 is 0 Å². The maximum atomic E-state index is 12.3. The van der Waals surface area contributed by atoms with Crippen molar-refractivity contribution in [3.8, 4) is 0 Å². The van der Waals surface area contributed by atoms with Crippen LogP contribution < -0.4 is 5.32 Å². The Morgan fingerprint density at radius 2 is 1.78 bits per heavy atom. The number of carbonyl (C=O) groups excluding carboxylic acids is 1. The van der Waals surface area contributed by atoms with Crippen LogP contribution in [-0.2, 0) is 6.42 Å². The molecular formula is C22H26ClN3O. The smallest absolute Gasteiger partial charge is 0.321 e. The number of nitrogens with zero attached hydrogens (tertiary/aromatic N) is 2. The highest BCUT2D eigenvalue weighted by molar-refractivity contribution is 6.30. The number of amides is 2. The van der Waals surface area contributed by atoms with E-state index in [1.165, 1.54) is 24.8 Å². The predicted molar refractivity (Wildman–Crippen MR) is 110 cm³/mol. The zero-order chi connectivity index (χ0) is 18.6. The van der Waals surface area contributed by atoms with Crippen molar-refractivity contribution in [2.75, 3.05) is 31.5 Å². The first-order valence-electron chi connectivity index (χ1n) is 9.77. The Balaban J connectivity index is 1.20. The van der Waals surface area contributed by atoms with Gasteiger partial charge in [0.1, 0.15) is 0 Å². The highest BCUT2D eigenvalue weighted by Gasteiger charge is 2.36. The number of rotatable bonds is 4. The summed E-state index contributed by atoms with van der Waals surface area (Å²) in [5.41, 5.74) is 2.20. The second-order valence-electron chi connectivity index (χ2n) is 7.67. The maximum absolute atomic E-state index is 12.3. The molecule has 2 saturated heterocycles. The average Bonchev–Trinajstić information content (AvgIpc) is 2.63. The number of likely N-dealkylation sites (tertiary alicyclic amines) is 2. The van der Waals surface area contributed by atoms with Crippen molar-refractivity contribution in [2.24, 2.45) is 5.92 Å². The van der Waals surface area contributed by atoms with Crippen molar-refractivity contribution >= 4 is 23.3 Å². The molecule has 0 aromatic heterocycles. The highest BCUT2D eigenvalue weighted by Crippen LogP contribution is 2.26. The fourth-order valence-electron chi connectivity index (χ4n) is 4.09. The molecule has 2 fully saturated rings. The summed E-state index contributed by atoms with van der Waals surface area (Å²) in [5, 5.41) is 3.56. The van der Waals surface area contributed by atoms with Gasteiger partial charge in [-0.25, -0.2) is 4.79 Å². The largest absolute Gasteiger partial charge is 0.321 e. The van der Waals surface area contributed by atoms with Gasteiger partial charge in [0.05, 0.1) is 0 Å². The van der Waals surface area contributed by atoms with Gasteiger partial charge in [0.15, 0.2) is 0 Å². The minimum atomic E-state index is -0.0347. The lowest BCUT2D eigenvalue weighted by atomic mass is 9.89. The molecule has 0 radical (unpaired) electrons. The van der Waals surface area contributed by atoms with Gasteiger partial charge in [0.2, 0.25) is 0 Å². The van der Waals surface area contributed by atoms with Gasteiger partial charge in [-0.15, -0.1) is 0 Å². The Hall–Kier alpha value is -2.04. The molecule has 142 valence electrons. The summed E-state index contributed by atoms with van der Waals surface area (Å²) >= 11 is 5.97. The topological polar surface area (TPSA) is 35.6 Å². The molecule has 0 unspecified atom stereocenters. The lowest BCUT2D eigenvalue weighted by Gasteiger charge is -2.47. The average molecular weight is 384 g/mol. The number of carbonyl (C=O) groups is 1. The third kappa shape index (κ3) is 4.63. The van der Waals surface area contributed by atoms with Crippen LogP contribution in [0.3, 0.4) is 0 Å². The van der Waals surface area contributed by atoms with Crippen LogP contribution in [0.1, 0.15) is 18.4 Å². The molecular weight excluding hydrogens is 358 g/mol. The van der Waals surface area contributed by atoms with E-state index in [1.807, 2.05) is 17.0 Å². The van der Waals surface area contributed by atoms with E-state index in [2.05, 4.69) is 40.5 Å². The summed E-state index contributed by atoms with van der Waals surface area (Å²) in [4.78, 5) is 16.8. The summed E-state index contributed by atoms with van der Waals surface area (Å²) in [6.45, 7) is 3.92. The van der Waals surface area contributed by atoms with Gasteiger partial charge in [-0.2, -0.15) is 0 Å². The van der Waals surface area contributed by atoms with Crippen LogP contribution in [0.15, 0.2) is 54.6 Å². The molecule has 27 heavy (non-hydrogen) atoms. The van der Waals surface area contributed by atoms with E-state index in [-0.39, 0.29) is 6.03 Å². The standard InChI is InChI=1S/C22H26ClN3O/c23-19-7-4-8-20(14-19)24-22(27)26-15-21(16-26)25-11-9-18(10-12-25)13-17-5-2-1-3-6-17/h1-8,14,18,21H,9-13,15-16H2,(H,24,27). The summed E-state index contributed by atoms with van der Waals surface area (Å²) in [6.07, 6.45) is 3.69. The van der Waals surface area contributed by atoms with Gasteiger partial charge in [-0.05, 0) is 62.0 Å². The number of hydrogen-bond donors (Lipinski definition) is 1. The molecule has 2 heterocycles. The molecule has 4 rings (SSSR count). The van der Waals surface area contributed by atoms with Crippen LogP contribution in [0.25, 0.3) is 0 Å². The van der Waals surface area contributed by atoms with E-state index < -0.39 is 0 Å². The number of urea groups is 1. The van der Waals surface area contributed by atoms with Crippen LogP contribution in [0.5, 0.6) is 0 Å². The van der Waals surface area contributed by atoms with Crippen LogP contribution in [-0.4, -0.2) is 48.1 Å². The first-order valence-corrected chi connectivity index (χ1v) is 10.1. The molecule has 2 aliphatic heterocycles. The Morgan fingerprint density at radius 1 is 1.04 bits per heavy atom. The van der Waals surface area contributed by atoms with Crippen LogP contribution in [0, 0.1) is 5.92 Å². The van der Waals surface area contributed by atoms with Crippen molar-refractivity contribution in [2.45, 2.75) is 25.3 Å². The van der Waals surface area contributed by atoms with E-state index in [4.69, 9.17) is 11.6 Å². The summed E-state index contributed by atoms with van der Waals surface area (Å²) < 4.78 is 0. The number of benzene rings is 2. The predicted octanol–water partition coefficient (Wildman–Crippen LogP) is 4.51. The first-order chi connectivity index (χ1) is 13.2. The van der Waals surface area contributed by atoms with Crippen molar-refractivity contribution in [1.82, 2.24) is 9.80 Å². The fraction of sp³-hybridized carbons (Fsp3) is 0.409. The molecule has 4 nitrogen and oxygen atoms in total. The highest BCUT2D eigenvalue weighted by atomic mass is 35.5. The number of anilines is 1. The molecule has 2 aliphatic rings. The van der Waals surface area contributed by atoms with E-state index in [0.717, 1.165) is 37.8 Å². The van der Waals surface area contributed by atoms with Crippen LogP contribution in [0.4, 0.5) is 10.5 Å². The third-order valence-corrected chi connectivity index (χ3v) is 5.99. The van der Waals surface area contributed by atoms with Gasteiger partial charge in [0, 0.05) is 29.8 Å². The number of hydrogen-bond acceptors (Lipinski definition) is 2. The van der Waals surface area contributed by atoms with Crippen molar-refractivity contribution in [1.29, 1.82) is 0 Å². The lowest BCUT2D eigenvalue weighted by Crippen LogP contribution is -2.63. The number of piperidine rings is 1. The van der Waals surface area contributed by atoms with Crippen molar-refractivity contribution in [3.05, 3.63) is 65.2 Å². The molecule has 5 heteroatoms. The van der Waals surface area contributed by atoms with Gasteiger partial charge in [0.25, 0.3) is 0 Å². The molecule has 2 aromatic rings. The van der Waals surface area contributed by atoms with E-state index in [0.29, 0.717) is 11.1 Å². The molecule has 0 atom stereocenters. The lowest BCUT2D eigenvalue weighted by molar-refractivity contribution is 0.0383. The Bertz CT molecular complexity index is 768. The summed E-state index contributed by atoms with van der Waals surface area (Å²) in [5.74, 6) is 0.783.